The van der Waals surface area contributed by atoms with Gasteiger partial charge >= 0.3 is 0 Å². The first-order chi connectivity index (χ1) is 53.9. The van der Waals surface area contributed by atoms with Crippen LogP contribution in [0.3, 0.4) is 0 Å². The van der Waals surface area contributed by atoms with Crippen LogP contribution >= 0.6 is 0 Å². The van der Waals surface area contributed by atoms with Gasteiger partial charge in [-0.25, -0.2) is 4.85 Å². The van der Waals surface area contributed by atoms with E-state index >= 15 is 0 Å². The molecule has 0 atom stereocenters. The van der Waals surface area contributed by atoms with E-state index in [0.717, 1.165) is 151 Å². The minimum absolute atomic E-state index is 0.186. The number of nitrogens with zero attached hydrogens (tertiary/aromatic N) is 6. The van der Waals surface area contributed by atoms with Crippen LogP contribution in [0.15, 0.2) is 328 Å². The summed E-state index contributed by atoms with van der Waals surface area (Å²) in [6, 6.07) is 124. The molecule has 0 saturated heterocycles. The number of aromatic nitrogens is 2. The van der Waals surface area contributed by atoms with E-state index in [1.165, 1.54) is 38.1 Å². The Hall–Kier alpha value is -13.5. The zero-order chi connectivity index (χ0) is 75.8. The molecule has 0 unspecified atom stereocenters. The van der Waals surface area contributed by atoms with Gasteiger partial charge in [-0.3, -0.25) is 0 Å². The number of hydrogen-bond acceptors (Lipinski definition) is 3. The normalized spacial score (nSPS) is 12.7. The number of rotatable bonds is 10. The minimum Gasteiger partial charge on any atom is -0.310 e. The molecule has 0 spiro atoms. The van der Waals surface area contributed by atoms with Gasteiger partial charge in [-0.1, -0.05) is 293 Å². The zero-order valence-electron chi connectivity index (χ0n) is 63.9. The first kappa shape index (κ1) is 68.1. The van der Waals surface area contributed by atoms with Gasteiger partial charge in [0.15, 0.2) is 5.69 Å². The van der Waals surface area contributed by atoms with Crippen LogP contribution in [0.1, 0.15) is 84.6 Å². The Morgan fingerprint density at radius 2 is 0.658 bits per heavy atom. The molecule has 4 heterocycles. The zero-order valence-corrected chi connectivity index (χ0v) is 63.9. The molecule has 6 nitrogen and oxygen atoms in total. The number of para-hydroxylation sites is 4. The van der Waals surface area contributed by atoms with Crippen molar-refractivity contribution in [2.75, 3.05) is 9.80 Å². The molecule has 15 aromatic carbocycles. The highest BCUT2D eigenvalue weighted by atomic mass is 15.2. The minimum atomic E-state index is -0.426. The van der Waals surface area contributed by atoms with Gasteiger partial charge in [0, 0.05) is 77.9 Å². The Labute approximate surface area is 650 Å². The highest BCUT2D eigenvalue weighted by Gasteiger charge is 2.47. The van der Waals surface area contributed by atoms with Gasteiger partial charge in [-0.05, 0) is 191 Å². The standard InChI is InChI=1S/C104H81BN6/c1-102(2,3)75-33-25-31-71(55-75)87-59-73(67-27-13-11-14-28-67)57-85(69-45-43-66(65-106)44-46-69)100(87)110-95-63-79(108-91-39-21-17-35-81(91)82-36-18-22-40-92(82)108)51-53-89(95)105-90-54-52-80(109-93-41-23-19-37-83(93)84-38-20-24-42-94(84)109)64-96(90)111(98-62-77(104(7,8)9)61-97(110)99(98)105)101-86(70-47-49-78(107-10)50-48-70)58-74(68-29-15-12-16-30-68)60-88(101)72-32-26-34-76(56-72)103(4,5)6/h11-64H,1-9H3. The summed E-state index contributed by atoms with van der Waals surface area (Å²) in [4.78, 5) is 9.34. The molecule has 0 amide bonds. The summed E-state index contributed by atoms with van der Waals surface area (Å²) in [6.07, 6.45) is 0. The molecule has 0 N–H and O–H groups in total. The summed E-state index contributed by atoms with van der Waals surface area (Å²) in [5.74, 6) is 0. The number of anilines is 6. The van der Waals surface area contributed by atoms with Gasteiger partial charge < -0.3 is 18.9 Å². The second-order valence-corrected chi connectivity index (χ2v) is 33.1. The van der Waals surface area contributed by atoms with E-state index in [0.29, 0.717) is 11.3 Å². The Morgan fingerprint density at radius 1 is 0.306 bits per heavy atom. The van der Waals surface area contributed by atoms with E-state index in [1.54, 1.807) is 0 Å². The Balaban J connectivity index is 1.02. The van der Waals surface area contributed by atoms with Crippen LogP contribution in [0.4, 0.5) is 39.8 Å². The van der Waals surface area contributed by atoms with Crippen molar-refractivity contribution >= 4 is 107 Å². The predicted octanol–water partition coefficient (Wildman–Crippen LogP) is 26.3. The van der Waals surface area contributed by atoms with Crippen molar-refractivity contribution in [2.45, 2.75) is 78.6 Å². The van der Waals surface area contributed by atoms with Crippen molar-refractivity contribution in [3.05, 3.63) is 361 Å². The third-order valence-electron chi connectivity index (χ3n) is 23.2. The van der Waals surface area contributed by atoms with Crippen LogP contribution in [-0.2, 0) is 16.2 Å². The molecular weight excluding hydrogens is 1340 g/mol. The van der Waals surface area contributed by atoms with Crippen LogP contribution < -0.4 is 26.2 Å². The fourth-order valence-electron chi connectivity index (χ4n) is 17.5. The summed E-state index contributed by atoms with van der Waals surface area (Å²) in [5.41, 5.74) is 33.0. The van der Waals surface area contributed by atoms with E-state index in [4.69, 9.17) is 6.57 Å². The van der Waals surface area contributed by atoms with E-state index in [2.05, 4.69) is 395 Å². The second-order valence-electron chi connectivity index (χ2n) is 33.1. The molecule has 530 valence electrons. The molecule has 19 rings (SSSR count). The lowest BCUT2D eigenvalue weighted by Crippen LogP contribution is -2.61. The smallest absolute Gasteiger partial charge is 0.252 e. The first-order valence-electron chi connectivity index (χ1n) is 38.6. The molecule has 2 aromatic heterocycles. The largest absolute Gasteiger partial charge is 0.310 e. The van der Waals surface area contributed by atoms with Crippen molar-refractivity contribution < 1.29 is 0 Å². The van der Waals surface area contributed by atoms with Gasteiger partial charge in [0.1, 0.15) is 0 Å². The molecule has 2 aliphatic rings. The molecule has 111 heavy (non-hydrogen) atoms. The van der Waals surface area contributed by atoms with Gasteiger partial charge in [-0.2, -0.15) is 5.26 Å². The van der Waals surface area contributed by atoms with E-state index in [1.807, 2.05) is 24.3 Å². The number of nitriles is 1. The third-order valence-corrected chi connectivity index (χ3v) is 23.2. The highest BCUT2D eigenvalue weighted by Crippen LogP contribution is 2.56. The van der Waals surface area contributed by atoms with Crippen molar-refractivity contribution in [3.63, 3.8) is 0 Å². The molecule has 0 radical (unpaired) electrons. The first-order valence-corrected chi connectivity index (χ1v) is 38.6. The highest BCUT2D eigenvalue weighted by molar-refractivity contribution is 7.00. The lowest BCUT2D eigenvalue weighted by molar-refractivity contribution is 0.590. The molecular formula is C104H81BN6. The third kappa shape index (κ3) is 11.4. The summed E-state index contributed by atoms with van der Waals surface area (Å²) in [7, 11) is 0. The van der Waals surface area contributed by atoms with Gasteiger partial charge in [-0.15, -0.1) is 0 Å². The Morgan fingerprint density at radius 3 is 1.03 bits per heavy atom. The fourth-order valence-corrected chi connectivity index (χ4v) is 17.5. The summed E-state index contributed by atoms with van der Waals surface area (Å²) in [6.45, 7) is 28.9. The lowest BCUT2D eigenvalue weighted by atomic mass is 9.33. The molecule has 0 aliphatic carbocycles. The molecule has 0 saturated carbocycles. The van der Waals surface area contributed by atoms with E-state index in [9.17, 15) is 5.26 Å². The molecule has 0 bridgehead atoms. The van der Waals surface area contributed by atoms with Crippen molar-refractivity contribution in [2.24, 2.45) is 0 Å². The topological polar surface area (TPSA) is 44.5 Å². The molecule has 0 fully saturated rings. The monoisotopic (exact) mass is 1420 g/mol. The Bertz CT molecular complexity index is 6220. The van der Waals surface area contributed by atoms with Gasteiger partial charge in [0.2, 0.25) is 0 Å². The molecule has 7 heteroatoms. The number of fused-ring (bicyclic) bond motifs is 10. The van der Waals surface area contributed by atoms with Gasteiger partial charge in [0.05, 0.1) is 51.6 Å². The Kier molecular flexibility index (Phi) is 16.1. The summed E-state index contributed by atoms with van der Waals surface area (Å²) < 4.78 is 4.94. The van der Waals surface area contributed by atoms with Crippen molar-refractivity contribution in [1.82, 2.24) is 9.13 Å². The average molecular weight is 1430 g/mol. The average Bonchev–Trinajstić information content (AvgIpc) is 1.11. The van der Waals surface area contributed by atoms with E-state index < -0.39 is 5.41 Å². The SMILES string of the molecule is [C-]#[N+]c1ccc(-c2cc(-c3ccccc3)cc(-c3cccc(C(C)(C)C)c3)c2N2c3cc(-n4c5ccccc5c5ccccc54)ccc3B3c4ccc(-n5c6ccccc6c6ccccc65)cc4N(c4c(-c5ccc(C#N)cc5)cc(-c5ccccc5)cc4-c4cccc(C(C)(C)C)c4)c4cc(C(C)(C)C)cc2c43)cc1. The van der Waals surface area contributed by atoms with Crippen LogP contribution in [0.2, 0.25) is 0 Å². The lowest BCUT2D eigenvalue weighted by Gasteiger charge is -2.46. The van der Waals surface area contributed by atoms with Crippen LogP contribution in [0.25, 0.3) is 127 Å². The summed E-state index contributed by atoms with van der Waals surface area (Å²) in [5, 5.41) is 15.4. The molecule has 2 aliphatic heterocycles. The van der Waals surface area contributed by atoms with Crippen LogP contribution in [-0.4, -0.2) is 15.8 Å². The van der Waals surface area contributed by atoms with E-state index in [-0.39, 0.29) is 17.5 Å². The fraction of sp³-hybridized carbons (Fsp3) is 0.115. The van der Waals surface area contributed by atoms with Crippen molar-refractivity contribution in [1.29, 1.82) is 5.26 Å². The van der Waals surface area contributed by atoms with Gasteiger partial charge in [0.25, 0.3) is 6.71 Å². The summed E-state index contributed by atoms with van der Waals surface area (Å²) >= 11 is 0. The maximum atomic E-state index is 10.6. The second kappa shape index (κ2) is 26.2. The predicted molar refractivity (Wildman–Crippen MR) is 469 cm³/mol. The number of benzene rings is 15. The quantitative estimate of drug-likeness (QED) is 0.101. The van der Waals surface area contributed by atoms with Crippen LogP contribution in [0.5, 0.6) is 0 Å². The maximum absolute atomic E-state index is 10.6. The van der Waals surface area contributed by atoms with Crippen LogP contribution in [0, 0.1) is 17.9 Å². The van der Waals surface area contributed by atoms with Crippen molar-refractivity contribution in [3.8, 4) is 84.2 Å². The molecule has 17 aromatic rings. The number of hydrogen-bond donors (Lipinski definition) is 0. The maximum Gasteiger partial charge on any atom is 0.252 e.